The fourth-order valence-corrected chi connectivity index (χ4v) is 0. The molecule has 0 aromatic heterocycles. The first-order valence-corrected chi connectivity index (χ1v) is 0. The second kappa shape index (κ2) is 35.0. The Bertz CT molecular complexity index is 15.5. The molecule has 0 unspecified atom stereocenters. The molecule has 0 atom stereocenters. The van der Waals surface area contributed by atoms with Crippen LogP contribution in [0.4, 0.5) is 0 Å². The zero-order valence-electron chi connectivity index (χ0n) is 1.03. The van der Waals surface area contributed by atoms with Gasteiger partial charge in [-0.1, -0.05) is 0 Å². The van der Waals surface area contributed by atoms with Crippen LogP contribution in [-0.4, -0.2) is 85.1 Å². The monoisotopic (exact) mass is 350 g/mol. The molecular formula is H6AlBaCoLiMnNi. The molecule has 0 fully saturated rings. The van der Waals surface area contributed by atoms with E-state index in [-0.39, 0.29) is 135 Å². The van der Waals surface area contributed by atoms with Gasteiger partial charge < -0.3 is 0 Å². The van der Waals surface area contributed by atoms with Crippen LogP contribution in [0.2, 0.25) is 0 Å². The fourth-order valence-electron chi connectivity index (χ4n) is 0. The van der Waals surface area contributed by atoms with Gasteiger partial charge in [0.15, 0.2) is 17.4 Å². The van der Waals surface area contributed by atoms with E-state index in [1.54, 1.807) is 0 Å². The molecule has 0 aromatic rings. The van der Waals surface area contributed by atoms with Crippen molar-refractivity contribution in [2.75, 3.05) is 0 Å². The molecule has 0 nitrogen and oxygen atoms in total. The van der Waals surface area contributed by atoms with Gasteiger partial charge in [-0.15, -0.1) is 0 Å². The van der Waals surface area contributed by atoms with Crippen LogP contribution in [0.15, 0.2) is 0 Å². The Labute approximate surface area is 132 Å². The minimum atomic E-state index is 0. The van der Waals surface area contributed by atoms with E-state index >= 15 is 0 Å². The third kappa shape index (κ3) is 24.1. The van der Waals surface area contributed by atoms with Gasteiger partial charge in [-0.05, 0) is 0 Å². The predicted octanol–water partition coefficient (Wildman–Crippen LogP) is -2.76. The van der Waals surface area contributed by atoms with Crippen LogP contribution in [0.25, 0.3) is 0 Å². The summed E-state index contributed by atoms with van der Waals surface area (Å²) in [6.07, 6.45) is 0. The number of rotatable bonds is 0. The van der Waals surface area contributed by atoms with Crippen LogP contribution < -0.4 is 0 Å². The molecule has 0 aliphatic carbocycles. The summed E-state index contributed by atoms with van der Waals surface area (Å²) in [5.74, 6) is 0. The van der Waals surface area contributed by atoms with Gasteiger partial charge >= 0.3 is 67.7 Å². The fraction of sp³-hybridized carbons (Fsp3) is 0. The second-order valence-electron chi connectivity index (χ2n) is 0. The van der Waals surface area contributed by atoms with E-state index in [2.05, 4.69) is 0 Å². The molecule has 6 heavy (non-hydrogen) atoms. The zero-order valence-corrected chi connectivity index (χ0v) is 4.24. The van der Waals surface area contributed by atoms with E-state index in [1.165, 1.54) is 0 Å². The topological polar surface area (TPSA) is 0 Å². The first-order chi connectivity index (χ1) is 0. The summed E-state index contributed by atoms with van der Waals surface area (Å²) >= 11 is 0. The first kappa shape index (κ1) is 48.8. The first-order valence-electron chi connectivity index (χ1n) is 0. The number of hydrogen-bond donors (Lipinski definition) is 0. The van der Waals surface area contributed by atoms with Crippen LogP contribution in [-0.2, 0) is 50.3 Å². The smallest absolute Gasteiger partial charge is 0 e. The molecule has 0 saturated heterocycles. The molecule has 0 aliphatic rings. The van der Waals surface area contributed by atoms with Crippen molar-refractivity contribution in [2.24, 2.45) is 0 Å². The van der Waals surface area contributed by atoms with Crippen LogP contribution in [0.3, 0.4) is 0 Å². The molecule has 0 rings (SSSR count). The summed E-state index contributed by atoms with van der Waals surface area (Å²) in [7, 11) is 0. The summed E-state index contributed by atoms with van der Waals surface area (Å²) in [6.45, 7) is 0. The van der Waals surface area contributed by atoms with Crippen LogP contribution in [0.5, 0.6) is 0 Å². The van der Waals surface area contributed by atoms with Gasteiger partial charge in [0.1, 0.15) is 0 Å². The van der Waals surface area contributed by atoms with Crippen molar-refractivity contribution in [3.63, 3.8) is 0 Å². The Morgan fingerprint density at radius 2 is 1.00 bits per heavy atom. The van der Waals surface area contributed by atoms with Crippen LogP contribution >= 0.6 is 0 Å². The standard InChI is InChI=1S/Al.Ba.Co.Li.Mn.Ni.6H. The molecule has 0 spiro atoms. The predicted molar refractivity (Wildman–Crippen MR) is 25.6 cm³/mol. The third-order valence-electron chi connectivity index (χ3n) is 0. The average molecular weight is 350 g/mol. The van der Waals surface area contributed by atoms with Crippen LogP contribution in [0.1, 0.15) is 0 Å². The quantitative estimate of drug-likeness (QED) is 0.416. The van der Waals surface area contributed by atoms with Gasteiger partial charge in [0, 0.05) is 50.3 Å². The molecule has 0 aromatic carbocycles. The summed E-state index contributed by atoms with van der Waals surface area (Å²) in [6, 6.07) is 0. The molecule has 0 aliphatic heterocycles. The molecule has 6 heteroatoms. The molecule has 0 heterocycles. The largest absolute Gasteiger partial charge is 0 e. The van der Waals surface area contributed by atoms with Crippen molar-refractivity contribution in [1.29, 1.82) is 0 Å². The van der Waals surface area contributed by atoms with Gasteiger partial charge in [-0.3, -0.25) is 0 Å². The van der Waals surface area contributed by atoms with Gasteiger partial charge in [-0.2, -0.15) is 0 Å². The van der Waals surface area contributed by atoms with Crippen LogP contribution in [0, 0.1) is 0 Å². The van der Waals surface area contributed by atoms with Crippen molar-refractivity contribution in [3.05, 3.63) is 0 Å². The van der Waals surface area contributed by atoms with E-state index in [4.69, 9.17) is 0 Å². The Hall–Kier alpha value is 4.22. The van der Waals surface area contributed by atoms with Crippen molar-refractivity contribution < 1.29 is 50.3 Å². The average Bonchev–Trinajstić information content (AvgIpc) is 0. The summed E-state index contributed by atoms with van der Waals surface area (Å²) in [4.78, 5) is 0. The maximum absolute atomic E-state index is 0. The Balaban J connectivity index is 0. The van der Waals surface area contributed by atoms with Gasteiger partial charge in [0.05, 0.1) is 0 Å². The van der Waals surface area contributed by atoms with Gasteiger partial charge in [0.2, 0.25) is 0 Å². The third-order valence-corrected chi connectivity index (χ3v) is 0. The Morgan fingerprint density at radius 3 is 1.00 bits per heavy atom. The summed E-state index contributed by atoms with van der Waals surface area (Å²) < 4.78 is 0. The van der Waals surface area contributed by atoms with E-state index in [9.17, 15) is 0 Å². The van der Waals surface area contributed by atoms with Gasteiger partial charge in [0.25, 0.3) is 0 Å². The minimum Gasteiger partial charge on any atom is 0 e. The van der Waals surface area contributed by atoms with E-state index in [0.717, 1.165) is 0 Å². The summed E-state index contributed by atoms with van der Waals surface area (Å²) in [5.41, 5.74) is 0. The minimum absolute atomic E-state index is 0. The van der Waals surface area contributed by atoms with Crippen molar-refractivity contribution in [1.82, 2.24) is 0 Å². The molecule has 38 valence electrons. The van der Waals surface area contributed by atoms with Crippen molar-refractivity contribution in [2.45, 2.75) is 0 Å². The maximum atomic E-state index is 0. The SMILES string of the molecule is [AlH3].[BaH2].[Co].[LiH].[Mn].[Ni]. The Kier molecular flexibility index (Phi) is 284. The Morgan fingerprint density at radius 1 is 1.00 bits per heavy atom. The number of hydrogen-bond acceptors (Lipinski definition) is 0. The molecule has 0 saturated carbocycles. The second-order valence-corrected chi connectivity index (χ2v) is 0. The molecule has 0 N–H and O–H groups in total. The van der Waals surface area contributed by atoms with E-state index in [0.29, 0.717) is 0 Å². The molecule has 0 amide bonds. The van der Waals surface area contributed by atoms with E-state index < -0.39 is 0 Å². The van der Waals surface area contributed by atoms with Crippen molar-refractivity contribution in [3.8, 4) is 0 Å². The summed E-state index contributed by atoms with van der Waals surface area (Å²) in [5, 5.41) is 0. The zero-order chi connectivity index (χ0) is 0. The van der Waals surface area contributed by atoms with E-state index in [1.807, 2.05) is 0 Å². The molecule has 2 radical (unpaired) electrons. The van der Waals surface area contributed by atoms with Crippen molar-refractivity contribution >= 4 is 85.1 Å². The normalized spacial score (nSPS) is 0. The molecular weight excluding hydrogens is 344 g/mol. The maximum Gasteiger partial charge on any atom is 0 e. The van der Waals surface area contributed by atoms with Gasteiger partial charge in [-0.25, -0.2) is 0 Å². The molecule has 0 bridgehead atoms.